The quantitative estimate of drug-likeness (QED) is 0.721. The van der Waals surface area contributed by atoms with E-state index in [1.54, 1.807) is 67.6 Å². The molecule has 0 bridgehead atoms. The van der Waals surface area contributed by atoms with Crippen LogP contribution in [0.2, 0.25) is 0 Å². The highest BCUT2D eigenvalue weighted by atomic mass is 32.2. The molecule has 1 amide bonds. The fourth-order valence-corrected chi connectivity index (χ4v) is 3.59. The summed E-state index contributed by atoms with van der Waals surface area (Å²) in [6, 6.07) is 14.4. The van der Waals surface area contributed by atoms with Gasteiger partial charge in [0.05, 0.1) is 11.9 Å². The van der Waals surface area contributed by atoms with Gasteiger partial charge < -0.3 is 10.1 Å². The SMILES string of the molecule is C=CCOc1ccc(NC(=O)C(C)N(c2ccccc2)S(C)(=O)=O)cc1. The van der Waals surface area contributed by atoms with Crippen molar-refractivity contribution in [3.63, 3.8) is 0 Å². The molecule has 6 nitrogen and oxygen atoms in total. The first-order valence-corrected chi connectivity index (χ1v) is 9.87. The summed E-state index contributed by atoms with van der Waals surface area (Å²) in [5.41, 5.74) is 0.986. The van der Waals surface area contributed by atoms with E-state index in [-0.39, 0.29) is 0 Å². The van der Waals surface area contributed by atoms with Crippen LogP contribution in [-0.2, 0) is 14.8 Å². The molecule has 0 aliphatic heterocycles. The zero-order valence-corrected chi connectivity index (χ0v) is 15.6. The van der Waals surface area contributed by atoms with Crippen LogP contribution < -0.4 is 14.4 Å². The fraction of sp³-hybridized carbons (Fsp3) is 0.211. The largest absolute Gasteiger partial charge is 0.490 e. The normalized spacial score (nSPS) is 12.1. The zero-order chi connectivity index (χ0) is 19.2. The predicted molar refractivity (Wildman–Crippen MR) is 104 cm³/mol. The number of ether oxygens (including phenoxy) is 1. The first kappa shape index (κ1) is 19.5. The second kappa shape index (κ2) is 8.53. The van der Waals surface area contributed by atoms with Crippen molar-refractivity contribution < 1.29 is 17.9 Å². The first-order chi connectivity index (χ1) is 12.3. The smallest absolute Gasteiger partial charge is 0.247 e. The van der Waals surface area contributed by atoms with Gasteiger partial charge in [0.1, 0.15) is 18.4 Å². The van der Waals surface area contributed by atoms with Gasteiger partial charge in [-0.15, -0.1) is 0 Å². The van der Waals surface area contributed by atoms with Gasteiger partial charge in [-0.3, -0.25) is 9.10 Å². The average Bonchev–Trinajstić information content (AvgIpc) is 2.61. The number of rotatable bonds is 8. The highest BCUT2D eigenvalue weighted by molar-refractivity contribution is 7.92. The lowest BCUT2D eigenvalue weighted by Crippen LogP contribution is -2.45. The van der Waals surface area contributed by atoms with Crippen molar-refractivity contribution in [1.29, 1.82) is 0 Å². The zero-order valence-electron chi connectivity index (χ0n) is 14.8. The minimum Gasteiger partial charge on any atom is -0.490 e. The molecule has 7 heteroatoms. The van der Waals surface area contributed by atoms with Gasteiger partial charge in [-0.25, -0.2) is 8.42 Å². The number of nitrogens with zero attached hydrogens (tertiary/aromatic N) is 1. The van der Waals surface area contributed by atoms with Gasteiger partial charge >= 0.3 is 0 Å². The Kier molecular flexibility index (Phi) is 6.41. The van der Waals surface area contributed by atoms with Crippen LogP contribution in [0.5, 0.6) is 5.75 Å². The van der Waals surface area contributed by atoms with Crippen LogP contribution in [0.25, 0.3) is 0 Å². The van der Waals surface area contributed by atoms with Crippen LogP contribution in [0, 0.1) is 0 Å². The molecule has 1 N–H and O–H groups in total. The van der Waals surface area contributed by atoms with Crippen molar-refractivity contribution in [2.45, 2.75) is 13.0 Å². The summed E-state index contributed by atoms with van der Waals surface area (Å²) in [5, 5.41) is 2.73. The molecule has 1 atom stereocenters. The molecule has 0 aliphatic carbocycles. The van der Waals surface area contributed by atoms with Crippen LogP contribution in [0.1, 0.15) is 6.92 Å². The summed E-state index contributed by atoms with van der Waals surface area (Å²) in [7, 11) is -3.63. The lowest BCUT2D eigenvalue weighted by Gasteiger charge is -2.28. The summed E-state index contributed by atoms with van der Waals surface area (Å²) in [5.74, 6) is 0.219. The first-order valence-electron chi connectivity index (χ1n) is 8.02. The van der Waals surface area contributed by atoms with Crippen molar-refractivity contribution in [3.8, 4) is 5.75 Å². The van der Waals surface area contributed by atoms with E-state index in [0.717, 1.165) is 10.6 Å². The number of para-hydroxylation sites is 1. The third kappa shape index (κ3) is 5.10. The Balaban J connectivity index is 2.15. The standard InChI is InChI=1S/C19H22N2O4S/c1-4-14-25-18-12-10-16(11-13-18)20-19(22)15(2)21(26(3,23)24)17-8-6-5-7-9-17/h4-13,15H,1,14H2,2-3H3,(H,20,22). The Morgan fingerprint density at radius 1 is 1.19 bits per heavy atom. The van der Waals surface area contributed by atoms with E-state index in [2.05, 4.69) is 11.9 Å². The lowest BCUT2D eigenvalue weighted by molar-refractivity contribution is -0.116. The number of nitrogens with one attached hydrogen (secondary N) is 1. The van der Waals surface area contributed by atoms with E-state index in [9.17, 15) is 13.2 Å². The van der Waals surface area contributed by atoms with Crippen LogP contribution in [0.15, 0.2) is 67.3 Å². The van der Waals surface area contributed by atoms with Crippen molar-refractivity contribution in [2.75, 3.05) is 22.5 Å². The van der Waals surface area contributed by atoms with Crippen LogP contribution in [0.3, 0.4) is 0 Å². The maximum atomic E-state index is 12.6. The Bertz CT molecular complexity index is 849. The third-order valence-electron chi connectivity index (χ3n) is 3.59. The molecule has 2 aromatic carbocycles. The molecular formula is C19H22N2O4S. The maximum absolute atomic E-state index is 12.6. The summed E-state index contributed by atoms with van der Waals surface area (Å²) in [6.07, 6.45) is 2.72. The van der Waals surface area contributed by atoms with Crippen LogP contribution in [0.4, 0.5) is 11.4 Å². The number of amides is 1. The average molecular weight is 374 g/mol. The van der Waals surface area contributed by atoms with Gasteiger partial charge in [0.15, 0.2) is 0 Å². The van der Waals surface area contributed by atoms with Gasteiger partial charge in [-0.05, 0) is 43.3 Å². The number of carbonyl (C=O) groups excluding carboxylic acids is 1. The van der Waals surface area contributed by atoms with E-state index in [4.69, 9.17) is 4.74 Å². The fourth-order valence-electron chi connectivity index (χ4n) is 2.42. The van der Waals surface area contributed by atoms with Crippen molar-refractivity contribution in [1.82, 2.24) is 0 Å². The highest BCUT2D eigenvalue weighted by Crippen LogP contribution is 2.22. The van der Waals surface area contributed by atoms with Gasteiger partial charge in [-0.1, -0.05) is 30.9 Å². The topological polar surface area (TPSA) is 75.7 Å². The van der Waals surface area contributed by atoms with E-state index in [1.165, 1.54) is 0 Å². The van der Waals surface area contributed by atoms with E-state index in [1.807, 2.05) is 0 Å². The van der Waals surface area contributed by atoms with Gasteiger partial charge in [0.25, 0.3) is 0 Å². The second-order valence-electron chi connectivity index (χ2n) is 5.68. The Labute approximate surface area is 154 Å². The molecule has 2 rings (SSSR count). The monoisotopic (exact) mass is 374 g/mol. The summed E-state index contributed by atoms with van der Waals surface area (Å²) >= 11 is 0. The van der Waals surface area contributed by atoms with E-state index >= 15 is 0 Å². The Morgan fingerprint density at radius 2 is 1.81 bits per heavy atom. The van der Waals surface area contributed by atoms with Crippen LogP contribution >= 0.6 is 0 Å². The molecule has 0 saturated heterocycles. The van der Waals surface area contributed by atoms with Crippen molar-refractivity contribution >= 4 is 27.3 Å². The summed E-state index contributed by atoms with van der Waals surface area (Å²) in [6.45, 7) is 5.52. The molecule has 1 unspecified atom stereocenters. The predicted octanol–water partition coefficient (Wildman–Crippen LogP) is 3.04. The van der Waals surface area contributed by atoms with E-state index in [0.29, 0.717) is 23.7 Å². The Hall–Kier alpha value is -2.80. The molecular weight excluding hydrogens is 352 g/mol. The third-order valence-corrected chi connectivity index (χ3v) is 4.83. The van der Waals surface area contributed by atoms with Gasteiger partial charge in [-0.2, -0.15) is 0 Å². The number of anilines is 2. The summed E-state index contributed by atoms with van der Waals surface area (Å²) < 4.78 is 30.9. The lowest BCUT2D eigenvalue weighted by atomic mass is 10.2. The molecule has 26 heavy (non-hydrogen) atoms. The van der Waals surface area contributed by atoms with Gasteiger partial charge in [0.2, 0.25) is 15.9 Å². The number of hydrogen-bond donors (Lipinski definition) is 1. The van der Waals surface area contributed by atoms with Crippen LogP contribution in [-0.4, -0.2) is 33.2 Å². The minimum atomic E-state index is -3.63. The second-order valence-corrected chi connectivity index (χ2v) is 7.54. The molecule has 0 saturated carbocycles. The van der Waals surface area contributed by atoms with Gasteiger partial charge in [0, 0.05) is 5.69 Å². The molecule has 0 radical (unpaired) electrons. The molecule has 138 valence electrons. The molecule has 0 aliphatic rings. The molecule has 2 aromatic rings. The minimum absolute atomic E-state index is 0.392. The van der Waals surface area contributed by atoms with Crippen molar-refractivity contribution in [2.24, 2.45) is 0 Å². The van der Waals surface area contributed by atoms with Crippen molar-refractivity contribution in [3.05, 3.63) is 67.3 Å². The maximum Gasteiger partial charge on any atom is 0.247 e. The number of benzene rings is 2. The molecule has 0 heterocycles. The number of carbonyl (C=O) groups is 1. The number of sulfonamides is 1. The Morgan fingerprint density at radius 3 is 2.35 bits per heavy atom. The summed E-state index contributed by atoms with van der Waals surface area (Å²) in [4.78, 5) is 12.6. The number of hydrogen-bond acceptors (Lipinski definition) is 4. The molecule has 0 aromatic heterocycles. The molecule has 0 spiro atoms. The van der Waals surface area contributed by atoms with E-state index < -0.39 is 22.0 Å². The molecule has 0 fully saturated rings. The highest BCUT2D eigenvalue weighted by Gasteiger charge is 2.29.